The predicted molar refractivity (Wildman–Crippen MR) is 201 cm³/mol. The smallest absolute Gasteiger partial charge is 0.371 e. The molecule has 11 heteroatoms. The van der Waals surface area contributed by atoms with Gasteiger partial charge in [-0.3, -0.25) is 14.4 Å². The van der Waals surface area contributed by atoms with E-state index in [4.69, 9.17) is 29.1 Å². The standard InChI is InChI=1S/C21H19NO4.C11H8O3.C10H13NO2/c1-2-25-20(23)14-15-7-6-10-17(13-15)22-21(24)19-12-11-18(26-19)16-8-4-3-5-9-16;12-11(13)10-7-6-9(14-10)8-4-2-1-3-5-8;1-2-13-10(12)7-8-4-3-5-9(11)6-8/h3-13H,2,14H2,1H3,(H,22,24);1-7H,(H,12,13);3-6H,2,7,11H2,1H3. The van der Waals surface area contributed by atoms with Crippen LogP contribution >= 0.6 is 0 Å². The van der Waals surface area contributed by atoms with Gasteiger partial charge in [0, 0.05) is 22.5 Å². The summed E-state index contributed by atoms with van der Waals surface area (Å²) in [6.45, 7) is 4.32. The lowest BCUT2D eigenvalue weighted by molar-refractivity contribution is -0.143. The normalized spacial score (nSPS) is 10.1. The highest BCUT2D eigenvalue weighted by molar-refractivity contribution is 6.02. The van der Waals surface area contributed by atoms with Crippen LogP contribution in [-0.2, 0) is 31.9 Å². The number of esters is 2. The van der Waals surface area contributed by atoms with E-state index in [0.717, 1.165) is 22.3 Å². The minimum atomic E-state index is -1.05. The van der Waals surface area contributed by atoms with Gasteiger partial charge in [0.15, 0.2) is 5.76 Å². The number of amides is 1. The molecule has 0 spiro atoms. The molecule has 272 valence electrons. The Balaban J connectivity index is 0.000000196. The molecule has 0 aliphatic carbocycles. The van der Waals surface area contributed by atoms with Crippen LogP contribution in [0.2, 0.25) is 0 Å². The number of anilines is 2. The molecule has 0 aliphatic rings. The first kappa shape index (κ1) is 38.9. The number of carboxylic acid groups (broad SMARTS) is 1. The van der Waals surface area contributed by atoms with Gasteiger partial charge in [-0.2, -0.15) is 0 Å². The first-order valence-corrected chi connectivity index (χ1v) is 16.7. The van der Waals surface area contributed by atoms with Crippen molar-refractivity contribution in [1.29, 1.82) is 0 Å². The van der Waals surface area contributed by atoms with Gasteiger partial charge in [0.2, 0.25) is 5.76 Å². The fraction of sp³-hybridized carbons (Fsp3) is 0.143. The number of nitrogen functional groups attached to an aromatic ring is 1. The molecule has 0 bridgehead atoms. The van der Waals surface area contributed by atoms with Crippen molar-refractivity contribution in [3.63, 3.8) is 0 Å². The number of furan rings is 2. The van der Waals surface area contributed by atoms with Crippen LogP contribution in [0.25, 0.3) is 22.6 Å². The second-order valence-electron chi connectivity index (χ2n) is 11.2. The molecule has 0 atom stereocenters. The Morgan fingerprint density at radius 2 is 1.09 bits per heavy atom. The number of rotatable bonds is 11. The number of nitrogens with two attached hydrogens (primary N) is 1. The highest BCUT2D eigenvalue weighted by atomic mass is 16.5. The van der Waals surface area contributed by atoms with Gasteiger partial charge in [-0.15, -0.1) is 0 Å². The lowest BCUT2D eigenvalue weighted by atomic mass is 10.1. The molecule has 6 rings (SSSR count). The highest BCUT2D eigenvalue weighted by Gasteiger charge is 2.14. The molecular formula is C42H40N2O9. The number of carbonyl (C=O) groups excluding carboxylic acids is 3. The van der Waals surface area contributed by atoms with Crippen molar-refractivity contribution >= 4 is 35.2 Å². The summed E-state index contributed by atoms with van der Waals surface area (Å²) in [5, 5.41) is 11.4. The molecule has 0 radical (unpaired) electrons. The van der Waals surface area contributed by atoms with Crippen LogP contribution < -0.4 is 11.1 Å². The van der Waals surface area contributed by atoms with Gasteiger partial charge in [-0.1, -0.05) is 84.9 Å². The first-order chi connectivity index (χ1) is 25.6. The van der Waals surface area contributed by atoms with E-state index in [1.165, 1.54) is 6.07 Å². The average Bonchev–Trinajstić information content (AvgIpc) is 3.85. The molecule has 0 saturated carbocycles. The summed E-state index contributed by atoms with van der Waals surface area (Å²) in [7, 11) is 0. The van der Waals surface area contributed by atoms with Crippen molar-refractivity contribution in [1.82, 2.24) is 0 Å². The molecule has 4 aromatic carbocycles. The first-order valence-electron chi connectivity index (χ1n) is 16.7. The van der Waals surface area contributed by atoms with E-state index in [1.54, 1.807) is 62.4 Å². The predicted octanol–water partition coefficient (Wildman–Crippen LogP) is 8.32. The van der Waals surface area contributed by atoms with Gasteiger partial charge in [0.1, 0.15) is 11.5 Å². The van der Waals surface area contributed by atoms with E-state index in [0.29, 0.717) is 42.5 Å². The molecule has 53 heavy (non-hydrogen) atoms. The van der Waals surface area contributed by atoms with Crippen molar-refractivity contribution in [3.05, 3.63) is 156 Å². The molecule has 1 amide bonds. The summed E-state index contributed by atoms with van der Waals surface area (Å²) in [6.07, 6.45) is 0.454. The minimum Gasteiger partial charge on any atom is -0.475 e. The van der Waals surface area contributed by atoms with Crippen LogP contribution in [0.15, 0.2) is 142 Å². The summed E-state index contributed by atoms with van der Waals surface area (Å²) in [4.78, 5) is 45.6. The molecular weight excluding hydrogens is 676 g/mol. The lowest BCUT2D eigenvalue weighted by Crippen LogP contribution is -2.12. The van der Waals surface area contributed by atoms with E-state index < -0.39 is 5.97 Å². The monoisotopic (exact) mass is 716 g/mol. The summed E-state index contributed by atoms with van der Waals surface area (Å²) in [6, 6.07) is 39.8. The average molecular weight is 717 g/mol. The zero-order chi connectivity index (χ0) is 38.0. The van der Waals surface area contributed by atoms with Gasteiger partial charge in [0.25, 0.3) is 5.91 Å². The molecule has 0 fully saturated rings. The maximum atomic E-state index is 12.4. The maximum Gasteiger partial charge on any atom is 0.371 e. The summed E-state index contributed by atoms with van der Waals surface area (Å²) in [5.41, 5.74) is 10.3. The Bertz CT molecular complexity index is 2090. The lowest BCUT2D eigenvalue weighted by Gasteiger charge is -2.06. The van der Waals surface area contributed by atoms with E-state index >= 15 is 0 Å². The number of carboxylic acids is 1. The Morgan fingerprint density at radius 3 is 1.58 bits per heavy atom. The summed E-state index contributed by atoms with van der Waals surface area (Å²) < 4.78 is 20.5. The Morgan fingerprint density at radius 1 is 0.604 bits per heavy atom. The Labute approximate surface area is 307 Å². The molecule has 2 heterocycles. The van der Waals surface area contributed by atoms with Crippen LogP contribution in [0.5, 0.6) is 0 Å². The van der Waals surface area contributed by atoms with Crippen molar-refractivity contribution in [3.8, 4) is 22.6 Å². The Hall–Kier alpha value is -6.88. The molecule has 4 N–H and O–H groups in total. The summed E-state index contributed by atoms with van der Waals surface area (Å²) in [5.74, 6) is -0.520. The van der Waals surface area contributed by atoms with Gasteiger partial charge in [-0.05, 0) is 73.5 Å². The fourth-order valence-corrected chi connectivity index (χ4v) is 4.84. The van der Waals surface area contributed by atoms with E-state index in [-0.39, 0.29) is 35.8 Å². The van der Waals surface area contributed by atoms with E-state index in [9.17, 15) is 19.2 Å². The molecule has 0 unspecified atom stereocenters. The van der Waals surface area contributed by atoms with Crippen molar-refractivity contribution in [2.45, 2.75) is 26.7 Å². The molecule has 11 nitrogen and oxygen atoms in total. The van der Waals surface area contributed by atoms with Gasteiger partial charge in [-0.25, -0.2) is 4.79 Å². The zero-order valence-electron chi connectivity index (χ0n) is 29.3. The van der Waals surface area contributed by atoms with Crippen LogP contribution in [0.3, 0.4) is 0 Å². The van der Waals surface area contributed by atoms with Crippen molar-refractivity contribution < 1.29 is 42.6 Å². The van der Waals surface area contributed by atoms with Crippen LogP contribution in [0.4, 0.5) is 11.4 Å². The SMILES string of the molecule is CCOC(=O)Cc1cccc(N)c1.CCOC(=O)Cc1cccc(NC(=O)c2ccc(-c3ccccc3)o2)c1.O=C(O)c1ccc(-c2ccccc2)o1. The number of carbonyl (C=O) groups is 4. The molecule has 2 aromatic heterocycles. The quantitative estimate of drug-likeness (QED) is 0.0875. The van der Waals surface area contributed by atoms with E-state index in [2.05, 4.69) is 5.32 Å². The Kier molecular flexibility index (Phi) is 14.8. The van der Waals surface area contributed by atoms with Crippen LogP contribution in [-0.4, -0.2) is 42.1 Å². The minimum absolute atomic E-state index is 0.0381. The number of benzene rings is 4. The van der Waals surface area contributed by atoms with Crippen molar-refractivity contribution in [2.75, 3.05) is 24.3 Å². The van der Waals surface area contributed by atoms with E-state index in [1.807, 2.05) is 78.9 Å². The summed E-state index contributed by atoms with van der Waals surface area (Å²) >= 11 is 0. The van der Waals surface area contributed by atoms with Gasteiger partial charge < -0.3 is 34.5 Å². The molecule has 0 saturated heterocycles. The molecule has 0 aliphatic heterocycles. The second kappa shape index (κ2) is 20.1. The van der Waals surface area contributed by atoms with Crippen LogP contribution in [0.1, 0.15) is 46.1 Å². The molecule has 6 aromatic rings. The second-order valence-corrected chi connectivity index (χ2v) is 11.2. The third kappa shape index (κ3) is 12.7. The highest BCUT2D eigenvalue weighted by Crippen LogP contribution is 2.23. The topological polar surface area (TPSA) is 171 Å². The number of nitrogens with one attached hydrogen (secondary N) is 1. The third-order valence-electron chi connectivity index (χ3n) is 7.21. The third-order valence-corrected chi connectivity index (χ3v) is 7.21. The maximum absolute atomic E-state index is 12.4. The van der Waals surface area contributed by atoms with Crippen molar-refractivity contribution in [2.24, 2.45) is 0 Å². The number of aromatic carboxylic acids is 1. The zero-order valence-corrected chi connectivity index (χ0v) is 29.3. The number of hydrogen-bond donors (Lipinski definition) is 3. The van der Waals surface area contributed by atoms with Gasteiger partial charge >= 0.3 is 17.9 Å². The number of ether oxygens (including phenoxy) is 2. The van der Waals surface area contributed by atoms with Crippen LogP contribution in [0, 0.1) is 0 Å². The number of hydrogen-bond acceptors (Lipinski definition) is 9. The van der Waals surface area contributed by atoms with Gasteiger partial charge in [0.05, 0.1) is 26.1 Å². The largest absolute Gasteiger partial charge is 0.475 e. The fourth-order valence-electron chi connectivity index (χ4n) is 4.84.